The average Bonchev–Trinajstić information content (AvgIpc) is 3.01. The lowest BCUT2D eigenvalue weighted by Gasteiger charge is -2.15. The zero-order valence-electron chi connectivity index (χ0n) is 11.8. The first-order valence-corrected chi connectivity index (χ1v) is 7.19. The second-order valence-electron chi connectivity index (χ2n) is 5.28. The Morgan fingerprint density at radius 2 is 1.85 bits per heavy atom. The summed E-state index contributed by atoms with van der Waals surface area (Å²) in [6.45, 7) is 5.03. The Hall–Kier alpha value is -2.10. The summed E-state index contributed by atoms with van der Waals surface area (Å²) in [6, 6.07) is 10.5. The van der Waals surface area contributed by atoms with E-state index in [2.05, 4.69) is 51.4 Å². The van der Waals surface area contributed by atoms with Gasteiger partial charge in [0.05, 0.1) is 0 Å². The van der Waals surface area contributed by atoms with Gasteiger partial charge < -0.3 is 10.2 Å². The first-order chi connectivity index (χ1) is 9.81. The fraction of sp³-hybridized carbons (Fsp3) is 0.375. The smallest absolute Gasteiger partial charge is 0.227 e. The van der Waals surface area contributed by atoms with Crippen molar-refractivity contribution in [1.29, 1.82) is 0 Å². The van der Waals surface area contributed by atoms with Crippen LogP contribution in [0.2, 0.25) is 0 Å². The normalized spacial score (nSPS) is 14.6. The third-order valence-electron chi connectivity index (χ3n) is 3.63. The molecule has 0 saturated carbocycles. The summed E-state index contributed by atoms with van der Waals surface area (Å²) in [5.74, 6) is 1.74. The Kier molecular flexibility index (Phi) is 3.81. The van der Waals surface area contributed by atoms with E-state index in [1.165, 1.54) is 24.0 Å². The predicted octanol–water partition coefficient (Wildman–Crippen LogP) is 3.00. The molecule has 0 aliphatic carbocycles. The van der Waals surface area contributed by atoms with Crippen molar-refractivity contribution in [3.8, 4) is 0 Å². The second-order valence-corrected chi connectivity index (χ2v) is 5.28. The van der Waals surface area contributed by atoms with Gasteiger partial charge in [0.25, 0.3) is 0 Å². The molecule has 1 saturated heterocycles. The molecule has 1 aromatic carbocycles. The van der Waals surface area contributed by atoms with Crippen LogP contribution in [-0.2, 0) is 6.54 Å². The SMILES string of the molecule is Cc1ccc(CNc2ccnc(N3CCCC3)n2)cc1. The lowest BCUT2D eigenvalue weighted by molar-refractivity contribution is 0.896. The molecule has 104 valence electrons. The Morgan fingerprint density at radius 1 is 1.10 bits per heavy atom. The van der Waals surface area contributed by atoms with Gasteiger partial charge in [-0.15, -0.1) is 0 Å². The number of nitrogens with one attached hydrogen (secondary N) is 1. The van der Waals surface area contributed by atoms with Crippen LogP contribution >= 0.6 is 0 Å². The number of aryl methyl sites for hydroxylation is 1. The lowest BCUT2D eigenvalue weighted by atomic mass is 10.1. The summed E-state index contributed by atoms with van der Waals surface area (Å²) in [6.07, 6.45) is 4.31. The zero-order valence-corrected chi connectivity index (χ0v) is 11.8. The van der Waals surface area contributed by atoms with Gasteiger partial charge in [0.15, 0.2) is 0 Å². The van der Waals surface area contributed by atoms with Crippen LogP contribution in [-0.4, -0.2) is 23.1 Å². The maximum Gasteiger partial charge on any atom is 0.227 e. The van der Waals surface area contributed by atoms with Gasteiger partial charge in [0.2, 0.25) is 5.95 Å². The van der Waals surface area contributed by atoms with Crippen LogP contribution in [0, 0.1) is 6.92 Å². The van der Waals surface area contributed by atoms with Crippen molar-refractivity contribution in [3.05, 3.63) is 47.7 Å². The van der Waals surface area contributed by atoms with E-state index in [1.807, 2.05) is 12.3 Å². The largest absolute Gasteiger partial charge is 0.366 e. The fourth-order valence-corrected chi connectivity index (χ4v) is 2.41. The van der Waals surface area contributed by atoms with Gasteiger partial charge in [0, 0.05) is 25.8 Å². The molecule has 0 unspecified atom stereocenters. The molecule has 0 amide bonds. The molecule has 2 aromatic rings. The van der Waals surface area contributed by atoms with E-state index in [1.54, 1.807) is 0 Å². The average molecular weight is 268 g/mol. The van der Waals surface area contributed by atoms with E-state index in [0.717, 1.165) is 31.4 Å². The van der Waals surface area contributed by atoms with Crippen molar-refractivity contribution in [3.63, 3.8) is 0 Å². The van der Waals surface area contributed by atoms with Crippen molar-refractivity contribution < 1.29 is 0 Å². The molecule has 1 aliphatic rings. The Morgan fingerprint density at radius 3 is 2.60 bits per heavy atom. The van der Waals surface area contributed by atoms with Gasteiger partial charge in [-0.05, 0) is 31.4 Å². The van der Waals surface area contributed by atoms with Crippen LogP contribution < -0.4 is 10.2 Å². The quantitative estimate of drug-likeness (QED) is 0.925. The van der Waals surface area contributed by atoms with Crippen LogP contribution in [0.25, 0.3) is 0 Å². The molecule has 20 heavy (non-hydrogen) atoms. The first-order valence-electron chi connectivity index (χ1n) is 7.19. The molecular weight excluding hydrogens is 248 g/mol. The van der Waals surface area contributed by atoms with Crippen LogP contribution in [0.4, 0.5) is 11.8 Å². The third-order valence-corrected chi connectivity index (χ3v) is 3.63. The van der Waals surface area contributed by atoms with E-state index in [0.29, 0.717) is 0 Å². The van der Waals surface area contributed by atoms with Gasteiger partial charge in [-0.25, -0.2) is 4.98 Å². The highest BCUT2D eigenvalue weighted by Gasteiger charge is 2.14. The molecule has 0 atom stereocenters. The standard InChI is InChI=1S/C16H20N4/c1-13-4-6-14(7-5-13)12-18-15-8-9-17-16(19-15)20-10-2-3-11-20/h4-9H,2-3,10-12H2,1H3,(H,17,18,19). The monoisotopic (exact) mass is 268 g/mol. The molecule has 1 fully saturated rings. The summed E-state index contributed by atoms with van der Waals surface area (Å²) in [5.41, 5.74) is 2.55. The summed E-state index contributed by atoms with van der Waals surface area (Å²) in [7, 11) is 0. The number of benzene rings is 1. The third kappa shape index (κ3) is 3.07. The van der Waals surface area contributed by atoms with Gasteiger partial charge in [-0.1, -0.05) is 29.8 Å². The number of hydrogen-bond acceptors (Lipinski definition) is 4. The predicted molar refractivity (Wildman–Crippen MR) is 82.0 cm³/mol. The van der Waals surface area contributed by atoms with Crippen molar-refractivity contribution in [2.75, 3.05) is 23.3 Å². The summed E-state index contributed by atoms with van der Waals surface area (Å²) in [4.78, 5) is 11.2. The van der Waals surface area contributed by atoms with Crippen molar-refractivity contribution in [2.45, 2.75) is 26.3 Å². The number of rotatable bonds is 4. The minimum Gasteiger partial charge on any atom is -0.366 e. The van der Waals surface area contributed by atoms with E-state index in [9.17, 15) is 0 Å². The van der Waals surface area contributed by atoms with Crippen LogP contribution in [0.5, 0.6) is 0 Å². The van der Waals surface area contributed by atoms with Gasteiger partial charge in [-0.2, -0.15) is 4.98 Å². The van der Waals surface area contributed by atoms with Crippen LogP contribution in [0.3, 0.4) is 0 Å². The summed E-state index contributed by atoms with van der Waals surface area (Å²) < 4.78 is 0. The number of nitrogens with zero attached hydrogens (tertiary/aromatic N) is 3. The molecule has 3 rings (SSSR count). The van der Waals surface area contributed by atoms with Gasteiger partial charge in [-0.3, -0.25) is 0 Å². The Balaban J connectivity index is 1.65. The van der Waals surface area contributed by atoms with Gasteiger partial charge >= 0.3 is 0 Å². The fourth-order valence-electron chi connectivity index (χ4n) is 2.41. The second kappa shape index (κ2) is 5.90. The van der Waals surface area contributed by atoms with Gasteiger partial charge in [0.1, 0.15) is 5.82 Å². The number of anilines is 2. The summed E-state index contributed by atoms with van der Waals surface area (Å²) in [5, 5.41) is 3.37. The van der Waals surface area contributed by atoms with E-state index in [-0.39, 0.29) is 0 Å². The maximum absolute atomic E-state index is 4.59. The highest BCUT2D eigenvalue weighted by atomic mass is 15.3. The molecule has 2 heterocycles. The summed E-state index contributed by atoms with van der Waals surface area (Å²) >= 11 is 0. The molecule has 0 radical (unpaired) electrons. The molecule has 4 nitrogen and oxygen atoms in total. The highest BCUT2D eigenvalue weighted by molar-refractivity contribution is 5.42. The van der Waals surface area contributed by atoms with Crippen LogP contribution in [0.1, 0.15) is 24.0 Å². The molecule has 0 bridgehead atoms. The Labute approximate surface area is 119 Å². The molecule has 0 spiro atoms. The number of hydrogen-bond donors (Lipinski definition) is 1. The Bertz CT molecular complexity index is 559. The van der Waals surface area contributed by atoms with E-state index < -0.39 is 0 Å². The molecule has 4 heteroatoms. The van der Waals surface area contributed by atoms with Crippen LogP contribution in [0.15, 0.2) is 36.5 Å². The molecule has 1 aromatic heterocycles. The number of aromatic nitrogens is 2. The topological polar surface area (TPSA) is 41.1 Å². The maximum atomic E-state index is 4.59. The van der Waals surface area contributed by atoms with Crippen molar-refractivity contribution in [1.82, 2.24) is 9.97 Å². The lowest BCUT2D eigenvalue weighted by Crippen LogP contribution is -2.20. The van der Waals surface area contributed by atoms with E-state index >= 15 is 0 Å². The minimum atomic E-state index is 0.788. The highest BCUT2D eigenvalue weighted by Crippen LogP contribution is 2.17. The molecule has 1 N–H and O–H groups in total. The minimum absolute atomic E-state index is 0.788. The molecule has 1 aliphatic heterocycles. The van der Waals surface area contributed by atoms with E-state index in [4.69, 9.17) is 0 Å². The van der Waals surface area contributed by atoms with Crippen molar-refractivity contribution >= 4 is 11.8 Å². The van der Waals surface area contributed by atoms with Crippen molar-refractivity contribution in [2.24, 2.45) is 0 Å². The first kappa shape index (κ1) is 12.9. The molecular formula is C16H20N4. The zero-order chi connectivity index (χ0) is 13.8.